The van der Waals surface area contributed by atoms with E-state index in [1.165, 1.54) is 34.6 Å². The summed E-state index contributed by atoms with van der Waals surface area (Å²) in [6.07, 6.45) is 4.78. The van der Waals surface area contributed by atoms with Crippen molar-refractivity contribution in [3.63, 3.8) is 0 Å². The van der Waals surface area contributed by atoms with Crippen molar-refractivity contribution in [3.8, 4) is 0 Å². The zero-order valence-electron chi connectivity index (χ0n) is 11.3. The highest BCUT2D eigenvalue weighted by Crippen LogP contribution is 2.30. The van der Waals surface area contributed by atoms with Crippen LogP contribution in [0.25, 0.3) is 0 Å². The Hall–Kier alpha value is -1.36. The number of hydrogen-bond donors (Lipinski definition) is 2. The molecule has 1 aromatic heterocycles. The molecule has 1 heterocycles. The van der Waals surface area contributed by atoms with Crippen LogP contribution in [0.5, 0.6) is 0 Å². The second-order valence-electron chi connectivity index (χ2n) is 5.21. The predicted octanol–water partition coefficient (Wildman–Crippen LogP) is 2.61. The molecular formula is C14H19NO3S. The first-order valence-electron chi connectivity index (χ1n) is 6.64. The van der Waals surface area contributed by atoms with E-state index in [9.17, 15) is 14.7 Å². The van der Waals surface area contributed by atoms with Crippen molar-refractivity contribution in [2.24, 2.45) is 0 Å². The van der Waals surface area contributed by atoms with Crippen LogP contribution in [0.1, 0.15) is 53.2 Å². The van der Waals surface area contributed by atoms with Crippen LogP contribution in [-0.2, 0) is 17.6 Å². The summed E-state index contributed by atoms with van der Waals surface area (Å²) >= 11 is 1.50. The lowest BCUT2D eigenvalue weighted by atomic mass is 9.98. The molecule has 104 valence electrons. The van der Waals surface area contributed by atoms with E-state index in [0.29, 0.717) is 11.3 Å². The number of rotatable bonds is 4. The van der Waals surface area contributed by atoms with Gasteiger partial charge in [0, 0.05) is 4.88 Å². The third kappa shape index (κ3) is 2.81. The van der Waals surface area contributed by atoms with E-state index in [1.807, 2.05) is 6.07 Å². The first kappa shape index (κ1) is 14.1. The van der Waals surface area contributed by atoms with Crippen molar-refractivity contribution in [1.29, 1.82) is 0 Å². The molecule has 1 aliphatic carbocycles. The van der Waals surface area contributed by atoms with Gasteiger partial charge >= 0.3 is 5.97 Å². The first-order valence-corrected chi connectivity index (χ1v) is 7.45. The fraction of sp³-hybridized carbons (Fsp3) is 0.571. The van der Waals surface area contributed by atoms with E-state index in [-0.39, 0.29) is 5.91 Å². The molecule has 0 radical (unpaired) electrons. The predicted molar refractivity (Wildman–Crippen MR) is 74.8 cm³/mol. The van der Waals surface area contributed by atoms with Crippen LogP contribution in [-0.4, -0.2) is 22.5 Å². The van der Waals surface area contributed by atoms with Gasteiger partial charge in [0.1, 0.15) is 5.54 Å². The molecule has 1 aliphatic rings. The van der Waals surface area contributed by atoms with Crippen molar-refractivity contribution in [1.82, 2.24) is 5.32 Å². The van der Waals surface area contributed by atoms with E-state index in [1.54, 1.807) is 13.8 Å². The van der Waals surface area contributed by atoms with Crippen molar-refractivity contribution in [2.75, 3.05) is 0 Å². The SMILES string of the molecule is CCC(C)(NC(=O)c1cc2c(s1)CCCC2)C(=O)O. The van der Waals surface area contributed by atoms with Crippen molar-refractivity contribution >= 4 is 23.2 Å². The largest absolute Gasteiger partial charge is 0.480 e. The lowest BCUT2D eigenvalue weighted by molar-refractivity contribution is -0.143. The summed E-state index contributed by atoms with van der Waals surface area (Å²) in [6, 6.07) is 1.92. The van der Waals surface area contributed by atoms with Crippen LogP contribution in [0.2, 0.25) is 0 Å². The maximum absolute atomic E-state index is 12.2. The van der Waals surface area contributed by atoms with Gasteiger partial charge in [-0.2, -0.15) is 0 Å². The van der Waals surface area contributed by atoms with Crippen molar-refractivity contribution in [2.45, 2.75) is 51.5 Å². The van der Waals surface area contributed by atoms with Crippen LogP contribution in [0.3, 0.4) is 0 Å². The lowest BCUT2D eigenvalue weighted by Gasteiger charge is -2.24. The van der Waals surface area contributed by atoms with Gasteiger partial charge in [0.25, 0.3) is 5.91 Å². The Morgan fingerprint density at radius 3 is 2.68 bits per heavy atom. The summed E-state index contributed by atoms with van der Waals surface area (Å²) in [7, 11) is 0. The number of amides is 1. The molecule has 2 N–H and O–H groups in total. The Morgan fingerprint density at radius 2 is 2.11 bits per heavy atom. The number of aryl methyl sites for hydroxylation is 2. The highest BCUT2D eigenvalue weighted by molar-refractivity contribution is 7.14. The van der Waals surface area contributed by atoms with Crippen LogP contribution < -0.4 is 5.32 Å². The maximum atomic E-state index is 12.2. The molecule has 1 unspecified atom stereocenters. The highest BCUT2D eigenvalue weighted by Gasteiger charge is 2.33. The molecule has 0 saturated carbocycles. The maximum Gasteiger partial charge on any atom is 0.329 e. The van der Waals surface area contributed by atoms with Gasteiger partial charge in [-0.3, -0.25) is 4.79 Å². The van der Waals surface area contributed by atoms with E-state index >= 15 is 0 Å². The number of carboxylic acids is 1. The van der Waals surface area contributed by atoms with E-state index in [2.05, 4.69) is 5.32 Å². The third-order valence-corrected chi connectivity index (χ3v) is 5.02. The molecule has 5 heteroatoms. The number of fused-ring (bicyclic) bond motifs is 1. The molecule has 2 rings (SSSR count). The Kier molecular flexibility index (Phi) is 3.94. The normalized spacial score (nSPS) is 17.4. The molecule has 0 spiro atoms. The number of nitrogens with one attached hydrogen (secondary N) is 1. The minimum absolute atomic E-state index is 0.272. The average molecular weight is 281 g/mol. The molecule has 1 amide bonds. The number of hydrogen-bond acceptors (Lipinski definition) is 3. The molecule has 0 bridgehead atoms. The molecular weight excluding hydrogens is 262 g/mol. The zero-order valence-corrected chi connectivity index (χ0v) is 12.1. The standard InChI is InChI=1S/C14H19NO3S/c1-3-14(2,13(17)18)15-12(16)11-8-9-6-4-5-7-10(9)19-11/h8H,3-7H2,1-2H3,(H,15,16)(H,17,18). The quantitative estimate of drug-likeness (QED) is 0.891. The molecule has 4 nitrogen and oxygen atoms in total. The fourth-order valence-electron chi connectivity index (χ4n) is 2.21. The van der Waals surface area contributed by atoms with Gasteiger partial charge in [-0.25, -0.2) is 4.79 Å². The number of aliphatic carboxylic acids is 1. The molecule has 1 aromatic rings. The topological polar surface area (TPSA) is 66.4 Å². The molecule has 19 heavy (non-hydrogen) atoms. The van der Waals surface area contributed by atoms with Gasteiger partial charge in [-0.1, -0.05) is 6.92 Å². The van der Waals surface area contributed by atoms with Gasteiger partial charge in [0.15, 0.2) is 0 Å². The Morgan fingerprint density at radius 1 is 1.42 bits per heavy atom. The third-order valence-electron chi connectivity index (χ3n) is 3.79. The average Bonchev–Trinajstić information content (AvgIpc) is 2.82. The Labute approximate surface area is 116 Å². The summed E-state index contributed by atoms with van der Waals surface area (Å²) in [5, 5.41) is 11.8. The molecule has 0 aromatic carbocycles. The highest BCUT2D eigenvalue weighted by atomic mass is 32.1. The first-order chi connectivity index (χ1) is 8.96. The van der Waals surface area contributed by atoms with Crippen LogP contribution in [0.4, 0.5) is 0 Å². The number of carbonyl (C=O) groups excluding carboxylic acids is 1. The molecule has 1 atom stereocenters. The zero-order chi connectivity index (χ0) is 14.0. The lowest BCUT2D eigenvalue weighted by Crippen LogP contribution is -2.51. The summed E-state index contributed by atoms with van der Waals surface area (Å²) in [6.45, 7) is 3.30. The van der Waals surface area contributed by atoms with Crippen molar-refractivity contribution < 1.29 is 14.7 Å². The van der Waals surface area contributed by atoms with Crippen molar-refractivity contribution in [3.05, 3.63) is 21.4 Å². The Bertz CT molecular complexity index is 485. The summed E-state index contributed by atoms with van der Waals surface area (Å²) in [5.41, 5.74) is 0.0663. The molecule has 0 aliphatic heterocycles. The van der Waals surface area contributed by atoms with Gasteiger partial charge < -0.3 is 10.4 Å². The second kappa shape index (κ2) is 5.33. The fourth-order valence-corrected chi connectivity index (χ4v) is 3.36. The number of carbonyl (C=O) groups is 2. The number of carboxylic acid groups (broad SMARTS) is 1. The molecule has 0 saturated heterocycles. The second-order valence-corrected chi connectivity index (χ2v) is 6.35. The van der Waals surface area contributed by atoms with Crippen LogP contribution in [0, 0.1) is 0 Å². The van der Waals surface area contributed by atoms with E-state index < -0.39 is 11.5 Å². The van der Waals surface area contributed by atoms with Gasteiger partial charge in [0.05, 0.1) is 4.88 Å². The van der Waals surface area contributed by atoms with Crippen LogP contribution >= 0.6 is 11.3 Å². The van der Waals surface area contributed by atoms with E-state index in [4.69, 9.17) is 0 Å². The number of thiophene rings is 1. The monoisotopic (exact) mass is 281 g/mol. The Balaban J connectivity index is 2.16. The minimum Gasteiger partial charge on any atom is -0.480 e. The van der Waals surface area contributed by atoms with Gasteiger partial charge in [-0.05, 0) is 50.7 Å². The summed E-state index contributed by atoms with van der Waals surface area (Å²) in [4.78, 5) is 25.3. The molecule has 0 fully saturated rings. The minimum atomic E-state index is -1.19. The summed E-state index contributed by atoms with van der Waals surface area (Å²) in [5.74, 6) is -1.27. The summed E-state index contributed by atoms with van der Waals surface area (Å²) < 4.78 is 0. The van der Waals surface area contributed by atoms with E-state index in [0.717, 1.165) is 12.8 Å². The smallest absolute Gasteiger partial charge is 0.329 e. The van der Waals surface area contributed by atoms with Crippen LogP contribution in [0.15, 0.2) is 6.07 Å². The van der Waals surface area contributed by atoms with Gasteiger partial charge in [-0.15, -0.1) is 11.3 Å². The van der Waals surface area contributed by atoms with Gasteiger partial charge in [0.2, 0.25) is 0 Å².